The van der Waals surface area contributed by atoms with Crippen molar-refractivity contribution in [2.75, 3.05) is 42.5 Å². The summed E-state index contributed by atoms with van der Waals surface area (Å²) in [6, 6.07) is 15.0. The van der Waals surface area contributed by atoms with Crippen LogP contribution in [-0.4, -0.2) is 53.1 Å². The van der Waals surface area contributed by atoms with Crippen molar-refractivity contribution in [2.24, 2.45) is 0 Å². The molecule has 0 spiro atoms. The Morgan fingerprint density at radius 1 is 0.946 bits per heavy atom. The van der Waals surface area contributed by atoms with E-state index in [1.807, 2.05) is 17.0 Å². The lowest BCUT2D eigenvalue weighted by Gasteiger charge is -2.30. The highest BCUT2D eigenvalue weighted by molar-refractivity contribution is 7.92. The minimum atomic E-state index is -4.19. The molecule has 0 saturated carbocycles. The van der Waals surface area contributed by atoms with Crippen molar-refractivity contribution >= 4 is 68.0 Å². The van der Waals surface area contributed by atoms with Gasteiger partial charge in [-0.05, 0) is 48.5 Å². The van der Waals surface area contributed by atoms with Gasteiger partial charge in [0.25, 0.3) is 10.0 Å². The Balaban J connectivity index is 1.52. The van der Waals surface area contributed by atoms with Crippen LogP contribution in [0.15, 0.2) is 65.6 Å². The molecule has 0 atom stereocenters. The van der Waals surface area contributed by atoms with Gasteiger partial charge in [0.05, 0.1) is 40.2 Å². The second-order valence-corrected chi connectivity index (χ2v) is 10.9. The number of benzene rings is 3. The number of nitrogens with zero attached hydrogens (tertiary/aromatic N) is 1. The predicted molar refractivity (Wildman–Crippen MR) is 143 cm³/mol. The van der Waals surface area contributed by atoms with E-state index >= 15 is 0 Å². The number of Topliss-reactive ketones (excluding diaryl/α,β-unsaturated/α-hetero) is 1. The molecule has 1 heterocycles. The van der Waals surface area contributed by atoms with E-state index in [1.165, 1.54) is 30.3 Å². The highest BCUT2D eigenvalue weighted by atomic mass is 35.5. The first-order valence-electron chi connectivity index (χ1n) is 11.0. The van der Waals surface area contributed by atoms with Gasteiger partial charge in [0.2, 0.25) is 5.78 Å². The summed E-state index contributed by atoms with van der Waals surface area (Å²) in [6.45, 7) is 1.67. The van der Waals surface area contributed by atoms with Crippen LogP contribution in [0.3, 0.4) is 0 Å². The van der Waals surface area contributed by atoms with E-state index in [9.17, 15) is 18.0 Å². The number of anilines is 2. The smallest absolute Gasteiger partial charge is 0.338 e. The van der Waals surface area contributed by atoms with Crippen LogP contribution in [0.4, 0.5) is 11.4 Å². The number of hydrogen-bond acceptors (Lipinski definition) is 7. The molecule has 0 aromatic heterocycles. The van der Waals surface area contributed by atoms with E-state index in [0.717, 1.165) is 6.07 Å². The van der Waals surface area contributed by atoms with Gasteiger partial charge in [-0.15, -0.1) is 0 Å². The Bertz CT molecular complexity index is 1440. The predicted octanol–water partition coefficient (Wildman–Crippen LogP) is 5.32. The minimum Gasteiger partial charge on any atom is -0.454 e. The molecule has 1 fully saturated rings. The summed E-state index contributed by atoms with van der Waals surface area (Å²) in [5.74, 6) is -1.47. The molecule has 37 heavy (non-hydrogen) atoms. The van der Waals surface area contributed by atoms with Crippen LogP contribution in [0.2, 0.25) is 15.1 Å². The molecule has 1 saturated heterocycles. The fourth-order valence-corrected chi connectivity index (χ4v) is 5.68. The van der Waals surface area contributed by atoms with E-state index < -0.39 is 28.4 Å². The van der Waals surface area contributed by atoms with Crippen molar-refractivity contribution in [3.8, 4) is 0 Å². The Labute approximate surface area is 229 Å². The maximum absolute atomic E-state index is 13.3. The Morgan fingerprint density at radius 2 is 1.65 bits per heavy atom. The topological polar surface area (TPSA) is 102 Å². The summed E-state index contributed by atoms with van der Waals surface area (Å²) >= 11 is 18.1. The van der Waals surface area contributed by atoms with Crippen molar-refractivity contribution in [1.29, 1.82) is 0 Å². The zero-order chi connectivity index (χ0) is 26.6. The number of carbonyl (C=O) groups is 2. The van der Waals surface area contributed by atoms with Crippen LogP contribution in [0.1, 0.15) is 20.7 Å². The molecule has 0 bridgehead atoms. The molecule has 0 aliphatic carbocycles. The van der Waals surface area contributed by atoms with Gasteiger partial charge in [0.1, 0.15) is 4.90 Å². The van der Waals surface area contributed by atoms with E-state index in [1.54, 1.807) is 12.1 Å². The van der Waals surface area contributed by atoms with Crippen molar-refractivity contribution in [1.82, 2.24) is 0 Å². The lowest BCUT2D eigenvalue weighted by molar-refractivity contribution is 0.0474. The molecule has 3 aromatic carbocycles. The Kier molecular flexibility index (Phi) is 8.61. The molecule has 4 rings (SSSR count). The van der Waals surface area contributed by atoms with Crippen LogP contribution < -0.4 is 9.62 Å². The molecule has 194 valence electrons. The first-order chi connectivity index (χ1) is 17.7. The standard InChI is InChI=1S/C25H21Cl3N2O6S/c26-17-6-8-19(27)18(14-17)23(31)15-36-25(32)16-5-7-20(28)24(13-16)37(33,34)29-21-3-1-2-4-22(21)30-9-11-35-12-10-30/h1-8,13-14,29H,9-12,15H2. The molecule has 3 aromatic rings. The number of sulfonamides is 1. The maximum Gasteiger partial charge on any atom is 0.338 e. The number of esters is 1. The molecule has 1 aliphatic rings. The van der Waals surface area contributed by atoms with Gasteiger partial charge in [-0.25, -0.2) is 13.2 Å². The number of carbonyl (C=O) groups excluding carboxylic acids is 2. The molecular formula is C25H21Cl3N2O6S. The molecule has 0 unspecified atom stereocenters. The van der Waals surface area contributed by atoms with Crippen LogP contribution in [0.25, 0.3) is 0 Å². The molecule has 12 heteroatoms. The van der Waals surface area contributed by atoms with Crippen molar-refractivity contribution in [3.05, 3.63) is 86.9 Å². The SMILES string of the molecule is O=C(OCC(=O)c1cc(Cl)ccc1Cl)c1ccc(Cl)c(S(=O)(=O)Nc2ccccc2N2CCOCC2)c1. The quantitative estimate of drug-likeness (QED) is 0.283. The van der Waals surface area contributed by atoms with E-state index in [-0.39, 0.29) is 26.1 Å². The highest BCUT2D eigenvalue weighted by Gasteiger charge is 2.24. The molecule has 8 nitrogen and oxygen atoms in total. The number of nitrogens with one attached hydrogen (secondary N) is 1. The lowest BCUT2D eigenvalue weighted by Crippen LogP contribution is -2.36. The van der Waals surface area contributed by atoms with Crippen LogP contribution in [-0.2, 0) is 19.5 Å². The summed E-state index contributed by atoms with van der Waals surface area (Å²) in [4.78, 5) is 26.8. The zero-order valence-electron chi connectivity index (χ0n) is 19.2. The van der Waals surface area contributed by atoms with E-state index in [4.69, 9.17) is 44.3 Å². The molecule has 1 N–H and O–H groups in total. The van der Waals surface area contributed by atoms with Gasteiger partial charge in [0.15, 0.2) is 6.61 Å². The second kappa shape index (κ2) is 11.7. The van der Waals surface area contributed by atoms with Crippen molar-refractivity contribution in [3.63, 3.8) is 0 Å². The summed E-state index contributed by atoms with van der Waals surface area (Å²) in [7, 11) is -4.19. The number of ketones is 1. The summed E-state index contributed by atoms with van der Waals surface area (Å²) < 4.78 is 39.6. The molecule has 0 amide bonds. The molecule has 1 aliphatic heterocycles. The van der Waals surface area contributed by atoms with E-state index in [2.05, 4.69) is 4.72 Å². The number of morpholine rings is 1. The molecule has 0 radical (unpaired) electrons. The largest absolute Gasteiger partial charge is 0.454 e. The average molecular weight is 584 g/mol. The van der Waals surface area contributed by atoms with Crippen LogP contribution in [0, 0.1) is 0 Å². The molecular weight excluding hydrogens is 563 g/mol. The Hall–Kier alpha value is -2.82. The number of hydrogen-bond donors (Lipinski definition) is 1. The third-order valence-electron chi connectivity index (χ3n) is 5.52. The monoisotopic (exact) mass is 582 g/mol. The lowest BCUT2D eigenvalue weighted by atomic mass is 10.1. The van der Waals surface area contributed by atoms with Gasteiger partial charge in [-0.3, -0.25) is 9.52 Å². The maximum atomic E-state index is 13.3. The van der Waals surface area contributed by atoms with Gasteiger partial charge in [0, 0.05) is 23.7 Å². The minimum absolute atomic E-state index is 0.0883. The summed E-state index contributed by atoms with van der Waals surface area (Å²) in [5, 5.41) is 0.373. The van der Waals surface area contributed by atoms with Gasteiger partial charge in [-0.1, -0.05) is 46.9 Å². The van der Waals surface area contributed by atoms with Gasteiger partial charge < -0.3 is 14.4 Å². The van der Waals surface area contributed by atoms with Gasteiger partial charge >= 0.3 is 5.97 Å². The normalized spacial score (nSPS) is 13.8. The fraction of sp³-hybridized carbons (Fsp3) is 0.200. The average Bonchev–Trinajstić information content (AvgIpc) is 2.89. The third kappa shape index (κ3) is 6.55. The summed E-state index contributed by atoms with van der Waals surface area (Å²) in [5.41, 5.74) is 1.05. The van der Waals surface area contributed by atoms with Gasteiger partial charge in [-0.2, -0.15) is 0 Å². The first-order valence-corrected chi connectivity index (χ1v) is 13.7. The number of halogens is 3. The summed E-state index contributed by atoms with van der Waals surface area (Å²) in [6.07, 6.45) is 0. The zero-order valence-corrected chi connectivity index (χ0v) is 22.3. The van der Waals surface area contributed by atoms with Crippen LogP contribution >= 0.6 is 34.8 Å². The third-order valence-corrected chi connectivity index (χ3v) is 7.93. The highest BCUT2D eigenvalue weighted by Crippen LogP contribution is 2.31. The number of rotatable bonds is 8. The van der Waals surface area contributed by atoms with Crippen molar-refractivity contribution in [2.45, 2.75) is 4.90 Å². The fourth-order valence-electron chi connectivity index (χ4n) is 3.68. The van der Waals surface area contributed by atoms with E-state index in [0.29, 0.717) is 42.7 Å². The first kappa shape index (κ1) is 27.2. The number of para-hydroxylation sites is 2. The Morgan fingerprint density at radius 3 is 2.41 bits per heavy atom. The second-order valence-electron chi connectivity index (χ2n) is 7.99. The van der Waals surface area contributed by atoms with Crippen molar-refractivity contribution < 1.29 is 27.5 Å². The van der Waals surface area contributed by atoms with Crippen LogP contribution in [0.5, 0.6) is 0 Å². The number of ether oxygens (including phenoxy) is 2.